The molecule has 0 heterocycles. The van der Waals surface area contributed by atoms with E-state index in [1.807, 2.05) is 0 Å². The molecule has 0 aliphatic carbocycles. The average molecular weight is 272 g/mol. The summed E-state index contributed by atoms with van der Waals surface area (Å²) in [6.07, 6.45) is 0. The zero-order valence-electron chi connectivity index (χ0n) is 8.74. The van der Waals surface area contributed by atoms with Crippen molar-refractivity contribution in [1.82, 2.24) is 0 Å². The van der Waals surface area contributed by atoms with Crippen molar-refractivity contribution in [1.29, 1.82) is 5.26 Å². The maximum absolute atomic E-state index is 11.6. The van der Waals surface area contributed by atoms with E-state index in [9.17, 15) is 9.59 Å². The van der Waals surface area contributed by atoms with Crippen LogP contribution in [0.3, 0.4) is 0 Å². The maximum atomic E-state index is 11.6. The molecule has 1 aromatic carbocycles. The number of nitrogens with zero attached hydrogens (tertiary/aromatic N) is 1. The minimum atomic E-state index is -1.36. The van der Waals surface area contributed by atoms with E-state index in [-0.39, 0.29) is 15.6 Å². The number of Topliss-reactive ketones (excluding diaryl/α,β-unsaturated/α-hetero) is 1. The number of hydrogen-bond donors (Lipinski definition) is 0. The van der Waals surface area contributed by atoms with Crippen molar-refractivity contribution in [3.63, 3.8) is 0 Å². The fourth-order valence-electron chi connectivity index (χ4n) is 1.26. The number of methoxy groups -OCH3 is 1. The van der Waals surface area contributed by atoms with Crippen molar-refractivity contribution in [3.05, 3.63) is 33.8 Å². The normalized spacial score (nSPS) is 11.4. The number of carbonyl (C=O) groups is 2. The molecule has 1 atom stereocenters. The van der Waals surface area contributed by atoms with E-state index in [2.05, 4.69) is 4.74 Å². The summed E-state index contributed by atoms with van der Waals surface area (Å²) >= 11 is 11.7. The highest BCUT2D eigenvalue weighted by Gasteiger charge is 2.30. The van der Waals surface area contributed by atoms with Crippen LogP contribution in [0.5, 0.6) is 0 Å². The second-order valence-corrected chi connectivity index (χ2v) is 3.87. The van der Waals surface area contributed by atoms with Gasteiger partial charge in [-0.3, -0.25) is 4.79 Å². The Kier molecular flexibility index (Phi) is 4.50. The number of hydrogen-bond acceptors (Lipinski definition) is 4. The second-order valence-electron chi connectivity index (χ2n) is 3.05. The number of carbonyl (C=O) groups excluding carboxylic acids is 2. The molecule has 1 rings (SSSR count). The first-order chi connectivity index (χ1) is 8.02. The first-order valence-corrected chi connectivity index (χ1v) is 5.24. The highest BCUT2D eigenvalue weighted by atomic mass is 35.5. The van der Waals surface area contributed by atoms with Crippen LogP contribution in [0.25, 0.3) is 0 Å². The van der Waals surface area contributed by atoms with E-state index in [0.29, 0.717) is 0 Å². The SMILES string of the molecule is COC(=O)C(=O)C(C#N)c1c(Cl)cccc1Cl. The van der Waals surface area contributed by atoms with Gasteiger partial charge < -0.3 is 4.74 Å². The lowest BCUT2D eigenvalue weighted by molar-refractivity contribution is -0.151. The summed E-state index contributed by atoms with van der Waals surface area (Å²) in [4.78, 5) is 22.7. The van der Waals surface area contributed by atoms with Crippen LogP contribution in [-0.2, 0) is 14.3 Å². The van der Waals surface area contributed by atoms with E-state index < -0.39 is 17.7 Å². The van der Waals surface area contributed by atoms with Crippen LogP contribution in [0.4, 0.5) is 0 Å². The molecule has 0 N–H and O–H groups in total. The van der Waals surface area contributed by atoms with Crippen molar-refractivity contribution < 1.29 is 14.3 Å². The number of benzene rings is 1. The molecule has 4 nitrogen and oxygen atoms in total. The van der Waals surface area contributed by atoms with Gasteiger partial charge in [-0.05, 0) is 12.1 Å². The Labute approximate surface area is 108 Å². The van der Waals surface area contributed by atoms with Crippen LogP contribution >= 0.6 is 23.2 Å². The van der Waals surface area contributed by atoms with E-state index in [0.717, 1.165) is 7.11 Å². The van der Waals surface area contributed by atoms with Gasteiger partial charge in [0.25, 0.3) is 5.78 Å². The summed E-state index contributed by atoms with van der Waals surface area (Å²) in [6.45, 7) is 0. The van der Waals surface area contributed by atoms with Crippen molar-refractivity contribution in [2.45, 2.75) is 5.92 Å². The molecule has 0 saturated carbocycles. The first-order valence-electron chi connectivity index (χ1n) is 4.48. The number of halogens is 2. The molecule has 6 heteroatoms. The Balaban J connectivity index is 3.25. The molecule has 0 spiro atoms. The quantitative estimate of drug-likeness (QED) is 0.625. The predicted molar refractivity (Wildman–Crippen MR) is 61.8 cm³/mol. The highest BCUT2D eigenvalue weighted by Crippen LogP contribution is 2.31. The maximum Gasteiger partial charge on any atom is 0.376 e. The van der Waals surface area contributed by atoms with Crippen molar-refractivity contribution in [2.75, 3.05) is 7.11 Å². The summed E-state index contributed by atoms with van der Waals surface area (Å²) in [7, 11) is 1.06. The van der Waals surface area contributed by atoms with Gasteiger partial charge in [0, 0.05) is 15.6 Å². The van der Waals surface area contributed by atoms with E-state index >= 15 is 0 Å². The van der Waals surface area contributed by atoms with Crippen molar-refractivity contribution >= 4 is 35.0 Å². The van der Waals surface area contributed by atoms with Gasteiger partial charge in [-0.15, -0.1) is 0 Å². The minimum absolute atomic E-state index is 0.119. The topological polar surface area (TPSA) is 67.2 Å². The lowest BCUT2D eigenvalue weighted by atomic mass is 9.96. The van der Waals surface area contributed by atoms with E-state index in [1.54, 1.807) is 12.1 Å². The van der Waals surface area contributed by atoms with Gasteiger partial charge in [0.15, 0.2) is 0 Å². The first kappa shape index (κ1) is 13.5. The fraction of sp³-hybridized carbons (Fsp3) is 0.182. The molecule has 0 amide bonds. The third-order valence-corrected chi connectivity index (χ3v) is 2.73. The number of ketones is 1. The fourth-order valence-corrected chi connectivity index (χ4v) is 1.87. The van der Waals surface area contributed by atoms with Crippen LogP contribution in [-0.4, -0.2) is 18.9 Å². The van der Waals surface area contributed by atoms with Gasteiger partial charge in [0.1, 0.15) is 5.92 Å². The van der Waals surface area contributed by atoms with Crippen LogP contribution in [0.1, 0.15) is 11.5 Å². The minimum Gasteiger partial charge on any atom is -0.463 e. The third kappa shape index (κ3) is 2.76. The van der Waals surface area contributed by atoms with Crippen molar-refractivity contribution in [3.8, 4) is 6.07 Å². The molecule has 0 bridgehead atoms. The molecular formula is C11H7Cl2NO3. The predicted octanol–water partition coefficient (Wildman–Crippen LogP) is 2.34. The third-order valence-electron chi connectivity index (χ3n) is 2.07. The van der Waals surface area contributed by atoms with Crippen LogP contribution in [0, 0.1) is 11.3 Å². The van der Waals surface area contributed by atoms with Gasteiger partial charge in [-0.2, -0.15) is 5.26 Å². The Hall–Kier alpha value is -1.57. The monoisotopic (exact) mass is 271 g/mol. The summed E-state index contributed by atoms with van der Waals surface area (Å²) in [5.74, 6) is -3.46. The van der Waals surface area contributed by atoms with E-state index in [1.165, 1.54) is 12.1 Å². The van der Waals surface area contributed by atoms with Gasteiger partial charge in [0.05, 0.1) is 13.2 Å². The van der Waals surface area contributed by atoms with Gasteiger partial charge in [-0.1, -0.05) is 29.3 Å². The van der Waals surface area contributed by atoms with Crippen LogP contribution in [0.2, 0.25) is 10.0 Å². The largest absolute Gasteiger partial charge is 0.463 e. The average Bonchev–Trinajstić information content (AvgIpc) is 2.32. The smallest absolute Gasteiger partial charge is 0.376 e. The van der Waals surface area contributed by atoms with Crippen LogP contribution in [0.15, 0.2) is 18.2 Å². The summed E-state index contributed by atoms with van der Waals surface area (Å²) in [5.41, 5.74) is 0.119. The Morgan fingerprint density at radius 1 is 1.35 bits per heavy atom. The van der Waals surface area contributed by atoms with Crippen LogP contribution < -0.4 is 0 Å². The number of ether oxygens (including phenoxy) is 1. The number of rotatable bonds is 3. The molecule has 17 heavy (non-hydrogen) atoms. The lowest BCUT2D eigenvalue weighted by Gasteiger charge is -2.10. The van der Waals surface area contributed by atoms with Gasteiger partial charge in [0.2, 0.25) is 0 Å². The molecule has 0 aromatic heterocycles. The number of nitriles is 1. The van der Waals surface area contributed by atoms with E-state index in [4.69, 9.17) is 28.5 Å². The summed E-state index contributed by atoms with van der Waals surface area (Å²) in [6, 6.07) is 6.24. The lowest BCUT2D eigenvalue weighted by Crippen LogP contribution is -2.23. The summed E-state index contributed by atoms with van der Waals surface area (Å²) < 4.78 is 4.27. The Morgan fingerprint density at radius 3 is 2.29 bits per heavy atom. The van der Waals surface area contributed by atoms with Gasteiger partial charge in [-0.25, -0.2) is 4.79 Å². The standard InChI is InChI=1S/C11H7Cl2NO3/c1-17-11(16)10(15)6(5-14)9-7(12)3-2-4-8(9)13/h2-4,6H,1H3. The zero-order chi connectivity index (χ0) is 13.0. The Bertz CT molecular complexity index is 488. The number of esters is 1. The molecule has 0 radical (unpaired) electrons. The molecule has 0 fully saturated rings. The molecular weight excluding hydrogens is 265 g/mol. The van der Waals surface area contributed by atoms with Crippen molar-refractivity contribution in [2.24, 2.45) is 0 Å². The molecule has 1 aromatic rings. The highest BCUT2D eigenvalue weighted by molar-refractivity contribution is 6.40. The molecule has 0 saturated heterocycles. The summed E-state index contributed by atoms with van der Waals surface area (Å²) in [5, 5.41) is 9.26. The molecule has 0 aliphatic rings. The molecule has 0 aliphatic heterocycles. The molecule has 1 unspecified atom stereocenters. The Morgan fingerprint density at radius 2 is 1.88 bits per heavy atom. The molecule has 88 valence electrons. The second kappa shape index (κ2) is 5.67. The van der Waals surface area contributed by atoms with Gasteiger partial charge >= 0.3 is 5.97 Å². The zero-order valence-corrected chi connectivity index (χ0v) is 10.2.